The zero-order valence-corrected chi connectivity index (χ0v) is 17.3. The molecule has 14 heteroatoms. The average Bonchev–Trinajstić information content (AvgIpc) is 3.05. The topological polar surface area (TPSA) is 85.7 Å². The van der Waals surface area contributed by atoms with Crippen LogP contribution in [0.25, 0.3) is 10.9 Å². The minimum absolute atomic E-state index is 0.0914. The van der Waals surface area contributed by atoms with E-state index in [9.17, 15) is 35.9 Å². The van der Waals surface area contributed by atoms with E-state index < -0.39 is 31.1 Å². The van der Waals surface area contributed by atoms with Crippen molar-refractivity contribution < 1.29 is 45.4 Å². The van der Waals surface area contributed by atoms with Crippen LogP contribution in [0.3, 0.4) is 0 Å². The number of likely N-dealkylation sites (tertiary alicyclic amines) is 1. The summed E-state index contributed by atoms with van der Waals surface area (Å²) < 4.78 is 81.8. The molecule has 8 nitrogen and oxygen atoms in total. The van der Waals surface area contributed by atoms with Crippen LogP contribution in [0, 0.1) is 12.8 Å². The maximum absolute atomic E-state index is 12.4. The van der Waals surface area contributed by atoms with Gasteiger partial charge in [-0.15, -0.1) is 13.2 Å². The minimum atomic E-state index is -5.03. The van der Waals surface area contributed by atoms with E-state index in [1.807, 2.05) is 0 Å². The second kappa shape index (κ2) is 9.45. The number of aromatic nitrogens is 2. The highest BCUT2D eigenvalue weighted by atomic mass is 19.4. The van der Waals surface area contributed by atoms with Gasteiger partial charge in [-0.1, -0.05) is 0 Å². The van der Waals surface area contributed by atoms with Crippen molar-refractivity contribution in [3.63, 3.8) is 0 Å². The van der Waals surface area contributed by atoms with Gasteiger partial charge < -0.3 is 19.7 Å². The molecule has 0 radical (unpaired) electrons. The molecular weight excluding hydrogens is 462 g/mol. The van der Waals surface area contributed by atoms with Crippen molar-refractivity contribution in [1.29, 1.82) is 0 Å². The van der Waals surface area contributed by atoms with E-state index in [0.29, 0.717) is 28.6 Å². The number of fused-ring (bicyclic) bond motifs is 1. The second-order valence-corrected chi connectivity index (χ2v) is 7.53. The Kier molecular flexibility index (Phi) is 7.05. The number of nitrogens with zero attached hydrogens (tertiary/aromatic N) is 3. The summed E-state index contributed by atoms with van der Waals surface area (Å²) in [5.41, 5.74) is 1.52. The largest absolute Gasteiger partial charge is 0.576 e. The van der Waals surface area contributed by atoms with Crippen molar-refractivity contribution in [2.45, 2.75) is 26.0 Å². The Bertz CT molecular complexity index is 1010. The molecule has 3 rings (SSSR count). The average molecular weight is 482 g/mol. The highest BCUT2D eigenvalue weighted by molar-refractivity contribution is 6.00. The molecule has 33 heavy (non-hydrogen) atoms. The van der Waals surface area contributed by atoms with E-state index >= 15 is 0 Å². The van der Waals surface area contributed by atoms with Crippen LogP contribution in [-0.4, -0.2) is 72.1 Å². The number of ether oxygens (including phenoxy) is 2. The summed E-state index contributed by atoms with van der Waals surface area (Å²) in [6, 6.07) is 3.15. The number of carbonyl (C=O) groups is 2. The molecule has 0 bridgehead atoms. The number of carbonyl (C=O) groups excluding carboxylic acids is 2. The molecule has 0 unspecified atom stereocenters. The highest BCUT2D eigenvalue weighted by Crippen LogP contribution is 2.25. The number of hydrogen-bond acceptors (Lipinski definition) is 5. The molecule has 182 valence electrons. The first kappa shape index (κ1) is 24.6. The van der Waals surface area contributed by atoms with Crippen LogP contribution in [0.5, 0.6) is 0 Å². The Balaban J connectivity index is 1.54. The lowest BCUT2D eigenvalue weighted by atomic mass is 10.0. The third kappa shape index (κ3) is 6.73. The molecule has 1 N–H and O–H groups in total. The quantitative estimate of drug-likeness (QED) is 0.484. The third-order valence-corrected chi connectivity index (χ3v) is 4.91. The zero-order chi connectivity index (χ0) is 24.4. The van der Waals surface area contributed by atoms with E-state index in [1.165, 1.54) is 0 Å². The molecule has 0 saturated carbocycles. The maximum atomic E-state index is 12.4. The van der Waals surface area contributed by atoms with Crippen LogP contribution in [0.1, 0.15) is 15.9 Å². The van der Waals surface area contributed by atoms with Gasteiger partial charge in [-0.25, -0.2) is 4.79 Å². The molecule has 1 fully saturated rings. The molecule has 2 amide bonds. The van der Waals surface area contributed by atoms with Crippen molar-refractivity contribution in [1.82, 2.24) is 20.0 Å². The summed E-state index contributed by atoms with van der Waals surface area (Å²) in [5.74, 6) is -0.588. The Hall–Kier alpha value is -3.03. The molecule has 2 heterocycles. The third-order valence-electron chi connectivity index (χ3n) is 4.91. The predicted molar refractivity (Wildman–Crippen MR) is 101 cm³/mol. The van der Waals surface area contributed by atoms with Gasteiger partial charge in [0.05, 0.1) is 12.1 Å². The standard InChI is InChI=1S/C19H20F6N4O4/c1-11-13(16(30)26-4-5-32-10-18(20,21)22)2-3-15-14(11)9-29(27-15)8-12-6-28(7-12)17(31)33-19(23,24)25/h2-3,9,12H,4-8,10H2,1H3,(H,26,30). The Morgan fingerprint density at radius 3 is 2.52 bits per heavy atom. The molecular formula is C19H20F6N4O4. The number of nitrogens with one attached hydrogen (secondary N) is 1. The van der Waals surface area contributed by atoms with Crippen LogP contribution >= 0.6 is 0 Å². The van der Waals surface area contributed by atoms with E-state index in [4.69, 9.17) is 0 Å². The van der Waals surface area contributed by atoms with E-state index in [1.54, 1.807) is 29.9 Å². The van der Waals surface area contributed by atoms with Crippen LogP contribution in [0.2, 0.25) is 0 Å². The number of alkyl halides is 6. The van der Waals surface area contributed by atoms with E-state index in [2.05, 4.69) is 19.9 Å². The lowest BCUT2D eigenvalue weighted by molar-refractivity contribution is -0.296. The number of benzene rings is 1. The lowest BCUT2D eigenvalue weighted by Crippen LogP contribution is -2.52. The van der Waals surface area contributed by atoms with Crippen molar-refractivity contribution >= 4 is 22.9 Å². The number of aryl methyl sites for hydroxylation is 1. The molecule has 1 aliphatic rings. The first-order valence-corrected chi connectivity index (χ1v) is 9.76. The molecule has 2 aromatic rings. The zero-order valence-electron chi connectivity index (χ0n) is 17.3. The maximum Gasteiger partial charge on any atom is 0.576 e. The molecule has 0 aliphatic carbocycles. The van der Waals surface area contributed by atoms with Gasteiger partial charge in [0, 0.05) is 49.2 Å². The van der Waals surface area contributed by atoms with Crippen LogP contribution in [0.15, 0.2) is 18.3 Å². The molecule has 1 aliphatic heterocycles. The Labute approximate surface area is 183 Å². The summed E-state index contributed by atoms with van der Waals surface area (Å²) in [6.07, 6.45) is -9.22. The number of hydrogen-bond donors (Lipinski definition) is 1. The lowest BCUT2D eigenvalue weighted by Gasteiger charge is -2.38. The predicted octanol–water partition coefficient (Wildman–Crippen LogP) is 3.24. The fourth-order valence-corrected chi connectivity index (χ4v) is 3.40. The summed E-state index contributed by atoms with van der Waals surface area (Å²) in [5, 5.41) is 7.54. The monoisotopic (exact) mass is 482 g/mol. The number of amides is 2. The fourth-order valence-electron chi connectivity index (χ4n) is 3.40. The summed E-state index contributed by atoms with van der Waals surface area (Å²) >= 11 is 0. The van der Waals surface area contributed by atoms with Gasteiger partial charge in [0.25, 0.3) is 5.91 Å². The van der Waals surface area contributed by atoms with Gasteiger partial charge in [0.2, 0.25) is 0 Å². The van der Waals surface area contributed by atoms with E-state index in [-0.39, 0.29) is 32.2 Å². The van der Waals surface area contributed by atoms with Gasteiger partial charge in [0.1, 0.15) is 6.61 Å². The normalized spacial score (nSPS) is 14.9. The number of rotatable bonds is 7. The summed E-state index contributed by atoms with van der Waals surface area (Å²) in [4.78, 5) is 24.6. The smallest absolute Gasteiger partial charge is 0.370 e. The van der Waals surface area contributed by atoms with Crippen molar-refractivity contribution in [3.8, 4) is 0 Å². The Morgan fingerprint density at radius 2 is 1.88 bits per heavy atom. The van der Waals surface area contributed by atoms with Crippen molar-refractivity contribution in [3.05, 3.63) is 29.5 Å². The van der Waals surface area contributed by atoms with Crippen LogP contribution in [-0.2, 0) is 16.0 Å². The van der Waals surface area contributed by atoms with Gasteiger partial charge in [-0.05, 0) is 24.6 Å². The molecule has 1 aromatic carbocycles. The second-order valence-electron chi connectivity index (χ2n) is 7.53. The summed E-state index contributed by atoms with van der Waals surface area (Å²) in [7, 11) is 0. The van der Waals surface area contributed by atoms with Gasteiger partial charge >= 0.3 is 18.6 Å². The first-order chi connectivity index (χ1) is 15.3. The summed E-state index contributed by atoms with van der Waals surface area (Å²) in [6.45, 7) is 0.446. The first-order valence-electron chi connectivity index (χ1n) is 9.76. The minimum Gasteiger partial charge on any atom is -0.370 e. The van der Waals surface area contributed by atoms with Gasteiger partial charge in [-0.2, -0.15) is 18.3 Å². The molecule has 0 spiro atoms. The van der Waals surface area contributed by atoms with Gasteiger partial charge in [0.15, 0.2) is 0 Å². The van der Waals surface area contributed by atoms with Crippen LogP contribution < -0.4 is 5.32 Å². The highest BCUT2D eigenvalue weighted by Gasteiger charge is 2.40. The van der Waals surface area contributed by atoms with E-state index in [0.717, 1.165) is 4.90 Å². The molecule has 0 atom stereocenters. The number of halogens is 6. The Morgan fingerprint density at radius 1 is 1.18 bits per heavy atom. The van der Waals surface area contributed by atoms with Crippen LogP contribution in [0.4, 0.5) is 31.1 Å². The molecule has 1 saturated heterocycles. The fraction of sp³-hybridized carbons (Fsp3) is 0.526. The van der Waals surface area contributed by atoms with Gasteiger partial charge in [-0.3, -0.25) is 9.48 Å². The SMILES string of the molecule is Cc1c(C(=O)NCCOCC(F)(F)F)ccc2nn(CC3CN(C(=O)OC(F)(F)F)C3)cc12. The van der Waals surface area contributed by atoms with Crippen molar-refractivity contribution in [2.75, 3.05) is 32.8 Å². The molecule has 1 aromatic heterocycles. The van der Waals surface area contributed by atoms with Crippen molar-refractivity contribution in [2.24, 2.45) is 5.92 Å².